The van der Waals surface area contributed by atoms with E-state index in [1.54, 1.807) is 12.4 Å². The van der Waals surface area contributed by atoms with Gasteiger partial charge in [-0.3, -0.25) is 0 Å². The van der Waals surface area contributed by atoms with Crippen LogP contribution in [0.25, 0.3) is 32.9 Å². The molecule has 0 aliphatic heterocycles. The molecule has 2 heterocycles. The van der Waals surface area contributed by atoms with Crippen molar-refractivity contribution in [1.29, 1.82) is 0 Å². The predicted molar refractivity (Wildman–Crippen MR) is 113 cm³/mol. The first-order chi connectivity index (χ1) is 13.9. The number of imidazole rings is 2. The average molecular weight is 481 g/mol. The molecular formula is C24H18Cl2N4Ti. The fourth-order valence-corrected chi connectivity index (χ4v) is 3.39. The maximum Gasteiger partial charge on any atom is 4.00 e. The van der Waals surface area contributed by atoms with Crippen LogP contribution in [0.1, 0.15) is 0 Å². The molecule has 2 aromatic heterocycles. The fourth-order valence-electron chi connectivity index (χ4n) is 3.39. The van der Waals surface area contributed by atoms with E-state index in [1.165, 1.54) is 32.9 Å². The van der Waals surface area contributed by atoms with Gasteiger partial charge in [0.2, 0.25) is 0 Å². The molecular weight excluding hydrogens is 463 g/mol. The average Bonchev–Trinajstić information content (AvgIpc) is 3.54. The van der Waals surface area contributed by atoms with Crippen molar-refractivity contribution in [3.8, 4) is 11.4 Å². The van der Waals surface area contributed by atoms with Gasteiger partial charge in [-0.15, -0.1) is 82.2 Å². The summed E-state index contributed by atoms with van der Waals surface area (Å²) in [5.74, 6) is 0. The Labute approximate surface area is 208 Å². The molecule has 4 aromatic carbocycles. The first-order valence-corrected chi connectivity index (χ1v) is 9.14. The van der Waals surface area contributed by atoms with Crippen LogP contribution in [-0.2, 0) is 21.7 Å². The van der Waals surface area contributed by atoms with Crippen molar-refractivity contribution < 1.29 is 46.5 Å². The summed E-state index contributed by atoms with van der Waals surface area (Å²) in [6, 6.07) is 25.4. The minimum Gasteiger partial charge on any atom is -1.00 e. The van der Waals surface area contributed by atoms with Gasteiger partial charge in [-0.2, -0.15) is 0 Å². The van der Waals surface area contributed by atoms with E-state index in [4.69, 9.17) is 0 Å². The quantitative estimate of drug-likeness (QED) is 0.247. The summed E-state index contributed by atoms with van der Waals surface area (Å²) in [7, 11) is 0. The number of rotatable bonds is 2. The number of hydrogen-bond acceptors (Lipinski definition) is 2. The number of aromatic nitrogens is 4. The van der Waals surface area contributed by atoms with Crippen LogP contribution < -0.4 is 24.8 Å². The third-order valence-electron chi connectivity index (χ3n) is 4.81. The van der Waals surface area contributed by atoms with Crippen molar-refractivity contribution in [2.24, 2.45) is 0 Å². The molecule has 0 amide bonds. The van der Waals surface area contributed by atoms with Crippen LogP contribution in [0.4, 0.5) is 0 Å². The summed E-state index contributed by atoms with van der Waals surface area (Å²) >= 11 is 0. The molecule has 0 unspecified atom stereocenters. The molecule has 0 saturated carbocycles. The normalized spacial score (nSPS) is 9.81. The maximum atomic E-state index is 4.03. The Balaban J connectivity index is 0.000000201. The molecule has 4 nitrogen and oxygen atoms in total. The Morgan fingerprint density at radius 3 is 1.39 bits per heavy atom. The Morgan fingerprint density at radius 1 is 0.613 bits per heavy atom. The van der Waals surface area contributed by atoms with Crippen LogP contribution in [0.3, 0.4) is 0 Å². The number of halogens is 2. The van der Waals surface area contributed by atoms with E-state index in [1.807, 2.05) is 34.2 Å². The maximum absolute atomic E-state index is 4.03. The van der Waals surface area contributed by atoms with Gasteiger partial charge in [0.1, 0.15) is 0 Å². The van der Waals surface area contributed by atoms with Gasteiger partial charge in [0.15, 0.2) is 0 Å². The van der Waals surface area contributed by atoms with Gasteiger partial charge in [0, 0.05) is 24.8 Å². The first-order valence-electron chi connectivity index (χ1n) is 9.14. The van der Waals surface area contributed by atoms with Crippen molar-refractivity contribution in [2.75, 3.05) is 0 Å². The van der Waals surface area contributed by atoms with Gasteiger partial charge in [0.05, 0.1) is 12.7 Å². The molecule has 6 aromatic rings. The Hall–Kier alpha value is -2.63. The van der Waals surface area contributed by atoms with E-state index in [9.17, 15) is 0 Å². The zero-order valence-corrected chi connectivity index (χ0v) is 19.5. The fraction of sp³-hybridized carbons (Fsp3) is 0. The number of hydrogen-bond donors (Lipinski definition) is 0. The molecule has 0 radical (unpaired) electrons. The molecule has 0 atom stereocenters. The van der Waals surface area contributed by atoms with Gasteiger partial charge < -0.3 is 33.9 Å². The van der Waals surface area contributed by atoms with Gasteiger partial charge >= 0.3 is 21.7 Å². The van der Waals surface area contributed by atoms with Gasteiger partial charge in [-0.05, 0) is 11.4 Å². The second-order valence-corrected chi connectivity index (χ2v) is 6.62. The van der Waals surface area contributed by atoms with Crippen molar-refractivity contribution >= 4 is 21.5 Å². The monoisotopic (exact) mass is 480 g/mol. The largest absolute Gasteiger partial charge is 4.00 e. The number of benzene rings is 2. The summed E-state index contributed by atoms with van der Waals surface area (Å²) in [5.41, 5.74) is 2.34. The molecule has 0 spiro atoms. The van der Waals surface area contributed by atoms with E-state index < -0.39 is 0 Å². The number of fused-ring (bicyclic) bond motifs is 2. The third-order valence-corrected chi connectivity index (χ3v) is 4.81. The van der Waals surface area contributed by atoms with Gasteiger partial charge in [-0.25, -0.2) is 9.97 Å². The Morgan fingerprint density at radius 2 is 1.03 bits per heavy atom. The smallest absolute Gasteiger partial charge is 1.00 e. The van der Waals surface area contributed by atoms with Gasteiger partial charge in [-0.1, -0.05) is 12.1 Å². The molecule has 31 heavy (non-hydrogen) atoms. The minimum absolute atomic E-state index is 0. The molecule has 152 valence electrons. The number of nitrogens with zero attached hydrogens (tertiary/aromatic N) is 4. The second-order valence-electron chi connectivity index (χ2n) is 6.62. The zero-order chi connectivity index (χ0) is 18.8. The summed E-state index contributed by atoms with van der Waals surface area (Å²) in [6.07, 6.45) is 11.1. The second kappa shape index (κ2) is 11.1. The molecule has 0 saturated heterocycles. The Bertz CT molecular complexity index is 1150. The van der Waals surface area contributed by atoms with E-state index in [0.717, 1.165) is 0 Å². The standard InChI is InChI=1S/2C12H9N2.2ClH.Ti/c2*1-2-4-11-8-12(7-10(11)3-1)14-6-5-13-9-14;;;/h2*1-9H;2*1H;/q2*-1;;;+4/p-2. The third kappa shape index (κ3) is 5.35. The van der Waals surface area contributed by atoms with Crippen LogP contribution in [0.15, 0.2) is 110 Å². The van der Waals surface area contributed by atoms with Crippen LogP contribution in [0.5, 0.6) is 0 Å². The van der Waals surface area contributed by atoms with E-state index >= 15 is 0 Å². The summed E-state index contributed by atoms with van der Waals surface area (Å²) in [4.78, 5) is 8.06. The molecule has 0 fully saturated rings. The van der Waals surface area contributed by atoms with Crippen molar-refractivity contribution in [2.45, 2.75) is 0 Å². The summed E-state index contributed by atoms with van der Waals surface area (Å²) < 4.78 is 4.03. The molecule has 0 bridgehead atoms. The first kappa shape index (κ1) is 24.6. The molecule has 0 aliphatic carbocycles. The van der Waals surface area contributed by atoms with Crippen LogP contribution in [0, 0.1) is 0 Å². The van der Waals surface area contributed by atoms with Crippen LogP contribution in [0.2, 0.25) is 0 Å². The van der Waals surface area contributed by atoms with Crippen molar-refractivity contribution in [3.63, 3.8) is 0 Å². The van der Waals surface area contributed by atoms with E-state index in [-0.39, 0.29) is 46.5 Å². The summed E-state index contributed by atoms with van der Waals surface area (Å²) in [6.45, 7) is 0. The van der Waals surface area contributed by atoms with Crippen LogP contribution in [-0.4, -0.2) is 19.1 Å². The van der Waals surface area contributed by atoms with Crippen molar-refractivity contribution in [3.05, 3.63) is 110 Å². The molecule has 6 rings (SSSR count). The van der Waals surface area contributed by atoms with E-state index in [2.05, 4.69) is 82.8 Å². The molecule has 0 aliphatic rings. The minimum atomic E-state index is 0. The predicted octanol–water partition coefficient (Wildman–Crippen LogP) is -0.506. The van der Waals surface area contributed by atoms with Crippen molar-refractivity contribution in [1.82, 2.24) is 19.1 Å². The SMILES string of the molecule is [Cl-].[Cl-].[Ti+4].c1ccc2[cH-]c(-n3ccnc3)cc2c1.c1ccc2[cH-]c(-n3ccnc3)cc2c1. The van der Waals surface area contributed by atoms with Crippen LogP contribution >= 0.6 is 0 Å². The zero-order valence-electron chi connectivity index (χ0n) is 16.4. The Kier molecular flexibility index (Phi) is 8.84. The molecule has 0 N–H and O–H groups in total. The van der Waals surface area contributed by atoms with E-state index in [0.29, 0.717) is 0 Å². The topological polar surface area (TPSA) is 35.6 Å². The van der Waals surface area contributed by atoms with Gasteiger partial charge in [0.25, 0.3) is 0 Å². The summed E-state index contributed by atoms with van der Waals surface area (Å²) in [5, 5.41) is 5.10. The molecule has 7 heteroatoms.